The Kier molecular flexibility index (Phi) is 4.03. The molecule has 10 heteroatoms. The highest BCUT2D eigenvalue weighted by atomic mass is 19.3. The summed E-state index contributed by atoms with van der Waals surface area (Å²) in [6, 6.07) is 3.60. The number of aromatic nitrogens is 1. The molecule has 0 unspecified atom stereocenters. The zero-order valence-corrected chi connectivity index (χ0v) is 15.3. The van der Waals surface area contributed by atoms with Crippen LogP contribution < -0.4 is 4.90 Å². The predicted octanol–water partition coefficient (Wildman–Crippen LogP) is 4.95. The number of amides is 2. The van der Waals surface area contributed by atoms with E-state index in [-0.39, 0.29) is 41.9 Å². The van der Waals surface area contributed by atoms with Crippen LogP contribution in [0.4, 0.5) is 32.6 Å². The van der Waals surface area contributed by atoms with Crippen LogP contribution in [0, 0.1) is 17.5 Å². The lowest BCUT2D eigenvalue weighted by Crippen LogP contribution is -2.55. The van der Waals surface area contributed by atoms with E-state index in [0.717, 1.165) is 4.90 Å². The lowest BCUT2D eigenvalue weighted by molar-refractivity contribution is -0.0311. The maximum absolute atomic E-state index is 14.4. The molecule has 2 saturated heterocycles. The van der Waals surface area contributed by atoms with Gasteiger partial charge in [0.05, 0.1) is 17.0 Å². The first-order valence-corrected chi connectivity index (χ1v) is 9.27. The lowest BCUT2D eigenvalue weighted by Gasteiger charge is -2.37. The molecule has 3 heterocycles. The molecule has 2 aliphatic heterocycles. The molecule has 1 atom stereocenters. The average Bonchev–Trinajstić information content (AvgIpc) is 3.23. The maximum atomic E-state index is 14.4. The number of alkyl halides is 2. The van der Waals surface area contributed by atoms with E-state index in [9.17, 15) is 26.7 Å². The van der Waals surface area contributed by atoms with E-state index >= 15 is 0 Å². The van der Waals surface area contributed by atoms with Gasteiger partial charge in [0.25, 0.3) is 5.92 Å². The summed E-state index contributed by atoms with van der Waals surface area (Å²) < 4.78 is 75.5. The molecule has 5 nitrogen and oxygen atoms in total. The van der Waals surface area contributed by atoms with Crippen molar-refractivity contribution >= 4 is 22.8 Å². The van der Waals surface area contributed by atoms with E-state index in [1.807, 2.05) is 0 Å². The summed E-state index contributed by atoms with van der Waals surface area (Å²) >= 11 is 0. The minimum Gasteiger partial charge on any atom is -0.354 e. The molecule has 0 spiro atoms. The number of halogens is 5. The van der Waals surface area contributed by atoms with Crippen LogP contribution in [-0.4, -0.2) is 41.1 Å². The summed E-state index contributed by atoms with van der Waals surface area (Å²) in [5.74, 6) is -6.31. The largest absolute Gasteiger partial charge is 0.354 e. The standard InChI is InChI=1S/C20H14F5N3O2/c21-10-8-12(22)16(13(23)9-10)11-2-1-3-14-17(11)18(26-30-14)28-6-4-15-20(24,25)5-7-27(15)19(28)29/h1-3,8-9,15H,4-7H2/t15-/m1/s1. The first-order chi connectivity index (χ1) is 14.3. The Balaban J connectivity index is 1.64. The Bertz CT molecular complexity index is 1160. The number of carbonyl (C=O) groups excluding carboxylic acids is 1. The predicted molar refractivity (Wildman–Crippen MR) is 96.7 cm³/mol. The fraction of sp³-hybridized carbons (Fsp3) is 0.300. The highest BCUT2D eigenvalue weighted by Gasteiger charge is 2.54. The van der Waals surface area contributed by atoms with Gasteiger partial charge in [-0.2, -0.15) is 0 Å². The summed E-state index contributed by atoms with van der Waals surface area (Å²) in [4.78, 5) is 15.2. The number of rotatable bonds is 2. The Morgan fingerprint density at radius 3 is 2.57 bits per heavy atom. The fourth-order valence-corrected chi connectivity index (χ4v) is 4.28. The van der Waals surface area contributed by atoms with Crippen LogP contribution in [0.1, 0.15) is 12.8 Å². The molecular weight excluding hydrogens is 409 g/mol. The summed E-state index contributed by atoms with van der Waals surface area (Å²) in [5, 5.41) is 4.02. The molecule has 2 fully saturated rings. The minimum atomic E-state index is -2.96. The molecule has 0 aliphatic carbocycles. The number of hydrogen-bond donors (Lipinski definition) is 0. The van der Waals surface area contributed by atoms with Gasteiger partial charge in [0.15, 0.2) is 11.4 Å². The molecule has 2 amide bonds. The molecule has 2 aliphatic rings. The summed E-state index contributed by atoms with van der Waals surface area (Å²) in [7, 11) is 0. The second kappa shape index (κ2) is 6.41. The maximum Gasteiger partial charge on any atom is 0.326 e. The van der Waals surface area contributed by atoms with Crippen molar-refractivity contribution in [1.82, 2.24) is 10.1 Å². The Morgan fingerprint density at radius 2 is 1.83 bits per heavy atom. The van der Waals surface area contributed by atoms with Gasteiger partial charge in [-0.3, -0.25) is 4.90 Å². The van der Waals surface area contributed by atoms with E-state index in [1.54, 1.807) is 0 Å². The molecule has 0 saturated carbocycles. The monoisotopic (exact) mass is 423 g/mol. The lowest BCUT2D eigenvalue weighted by atomic mass is 9.99. The van der Waals surface area contributed by atoms with Crippen LogP contribution in [0.25, 0.3) is 22.1 Å². The number of fused-ring (bicyclic) bond motifs is 2. The zero-order chi connectivity index (χ0) is 21.2. The van der Waals surface area contributed by atoms with Crippen molar-refractivity contribution in [3.05, 3.63) is 47.8 Å². The molecule has 2 aromatic carbocycles. The molecule has 30 heavy (non-hydrogen) atoms. The van der Waals surface area contributed by atoms with Gasteiger partial charge in [-0.15, -0.1) is 0 Å². The van der Waals surface area contributed by atoms with Crippen molar-refractivity contribution in [3.63, 3.8) is 0 Å². The topological polar surface area (TPSA) is 49.6 Å². The molecule has 0 bridgehead atoms. The van der Waals surface area contributed by atoms with E-state index in [4.69, 9.17) is 4.52 Å². The minimum absolute atomic E-state index is 0.00846. The third-order valence-corrected chi connectivity index (χ3v) is 5.66. The third-order valence-electron chi connectivity index (χ3n) is 5.66. The van der Waals surface area contributed by atoms with Crippen molar-refractivity contribution in [2.75, 3.05) is 18.0 Å². The molecular formula is C20H14F5N3O2. The number of nitrogens with zero attached hydrogens (tertiary/aromatic N) is 3. The second-order valence-electron chi connectivity index (χ2n) is 7.37. The fourth-order valence-electron chi connectivity index (χ4n) is 4.28. The summed E-state index contributed by atoms with van der Waals surface area (Å²) in [6.07, 6.45) is -0.414. The van der Waals surface area contributed by atoms with Gasteiger partial charge in [0.2, 0.25) is 0 Å². The number of hydrogen-bond acceptors (Lipinski definition) is 3. The van der Waals surface area contributed by atoms with Crippen molar-refractivity contribution in [1.29, 1.82) is 0 Å². The molecule has 3 aromatic rings. The first kappa shape index (κ1) is 18.8. The van der Waals surface area contributed by atoms with E-state index in [1.165, 1.54) is 23.1 Å². The molecule has 0 N–H and O–H groups in total. The highest BCUT2D eigenvalue weighted by Crippen LogP contribution is 2.42. The van der Waals surface area contributed by atoms with Crippen LogP contribution in [0.5, 0.6) is 0 Å². The number of benzene rings is 2. The van der Waals surface area contributed by atoms with E-state index in [0.29, 0.717) is 12.1 Å². The van der Waals surface area contributed by atoms with Gasteiger partial charge in [-0.1, -0.05) is 17.3 Å². The van der Waals surface area contributed by atoms with Gasteiger partial charge in [0, 0.05) is 37.2 Å². The normalized spacial score (nSPS) is 20.8. The highest BCUT2D eigenvalue weighted by molar-refractivity contribution is 6.07. The van der Waals surface area contributed by atoms with Crippen LogP contribution in [0.3, 0.4) is 0 Å². The Labute approximate surface area is 166 Å². The quantitative estimate of drug-likeness (QED) is 0.548. The van der Waals surface area contributed by atoms with E-state index in [2.05, 4.69) is 5.16 Å². The van der Waals surface area contributed by atoms with E-state index < -0.39 is 47.4 Å². The summed E-state index contributed by atoms with van der Waals surface area (Å²) in [6.45, 7) is -0.156. The van der Waals surface area contributed by atoms with Crippen molar-refractivity contribution in [2.45, 2.75) is 24.8 Å². The molecule has 156 valence electrons. The number of carbonyl (C=O) groups is 1. The van der Waals surface area contributed by atoms with Crippen LogP contribution in [0.2, 0.25) is 0 Å². The van der Waals surface area contributed by atoms with Crippen LogP contribution >= 0.6 is 0 Å². The Morgan fingerprint density at radius 1 is 1.10 bits per heavy atom. The van der Waals surface area contributed by atoms with Gasteiger partial charge in [-0.05, 0) is 12.5 Å². The molecule has 1 aromatic heterocycles. The molecule has 0 radical (unpaired) electrons. The zero-order valence-electron chi connectivity index (χ0n) is 15.3. The number of urea groups is 1. The number of anilines is 1. The third kappa shape index (κ3) is 2.66. The molecule has 5 rings (SSSR count). The van der Waals surface area contributed by atoms with Crippen LogP contribution in [-0.2, 0) is 0 Å². The van der Waals surface area contributed by atoms with Gasteiger partial charge in [0.1, 0.15) is 17.5 Å². The SMILES string of the molecule is O=C1N(c2noc3cccc(-c4c(F)cc(F)cc4F)c23)CC[C@H]2N1CCC2(F)F. The first-order valence-electron chi connectivity index (χ1n) is 9.27. The van der Waals surface area contributed by atoms with Gasteiger partial charge < -0.3 is 9.42 Å². The second-order valence-corrected chi connectivity index (χ2v) is 7.37. The van der Waals surface area contributed by atoms with Crippen LogP contribution in [0.15, 0.2) is 34.9 Å². The Hall–Kier alpha value is -3.17. The van der Waals surface area contributed by atoms with Gasteiger partial charge in [-0.25, -0.2) is 26.7 Å². The van der Waals surface area contributed by atoms with Gasteiger partial charge >= 0.3 is 6.03 Å². The van der Waals surface area contributed by atoms with Crippen molar-refractivity contribution in [2.24, 2.45) is 0 Å². The average molecular weight is 423 g/mol. The smallest absolute Gasteiger partial charge is 0.326 e. The van der Waals surface area contributed by atoms with Crippen molar-refractivity contribution < 1.29 is 31.3 Å². The van der Waals surface area contributed by atoms with Crippen molar-refractivity contribution in [3.8, 4) is 11.1 Å². The summed E-state index contributed by atoms with van der Waals surface area (Å²) in [5.41, 5.74) is -0.339.